The Balaban J connectivity index is 2.00. The number of aryl methyl sites for hydroxylation is 1. The smallest absolute Gasteiger partial charge is 0.252 e. The molecule has 20 heavy (non-hydrogen) atoms. The van der Waals surface area contributed by atoms with Gasteiger partial charge in [-0.1, -0.05) is 0 Å². The Bertz CT molecular complexity index is 519. The number of aromatic nitrogens is 2. The van der Waals surface area contributed by atoms with Gasteiger partial charge in [-0.3, -0.25) is 14.5 Å². The Morgan fingerprint density at radius 1 is 1.60 bits per heavy atom. The van der Waals surface area contributed by atoms with E-state index in [1.54, 1.807) is 6.20 Å². The van der Waals surface area contributed by atoms with Gasteiger partial charge in [0, 0.05) is 19.1 Å². The maximum absolute atomic E-state index is 11.3. The zero-order chi connectivity index (χ0) is 14.7. The maximum atomic E-state index is 11.3. The van der Waals surface area contributed by atoms with Crippen molar-refractivity contribution in [1.82, 2.24) is 15.1 Å². The highest BCUT2D eigenvalue weighted by Crippen LogP contribution is 2.22. The summed E-state index contributed by atoms with van der Waals surface area (Å²) in [5, 5.41) is 7.25. The van der Waals surface area contributed by atoms with Crippen LogP contribution in [0, 0.1) is 5.92 Å². The lowest BCUT2D eigenvalue weighted by Crippen LogP contribution is -2.37. The average molecular weight is 278 g/mol. The van der Waals surface area contributed by atoms with E-state index < -0.39 is 5.91 Å². The van der Waals surface area contributed by atoms with Gasteiger partial charge >= 0.3 is 0 Å². The number of hydrogen-bond acceptors (Lipinski definition) is 3. The van der Waals surface area contributed by atoms with Crippen LogP contribution in [0.15, 0.2) is 11.2 Å². The van der Waals surface area contributed by atoms with Gasteiger partial charge < -0.3 is 16.8 Å². The molecule has 1 atom stereocenters. The molecule has 7 nitrogen and oxygen atoms in total. The Hall–Kier alpha value is -2.05. The predicted octanol–water partition coefficient (Wildman–Crippen LogP) is -0.143. The molecule has 110 valence electrons. The fourth-order valence-corrected chi connectivity index (χ4v) is 2.43. The van der Waals surface area contributed by atoms with Crippen molar-refractivity contribution in [2.45, 2.75) is 39.3 Å². The second-order valence-corrected chi connectivity index (χ2v) is 5.48. The van der Waals surface area contributed by atoms with Gasteiger partial charge in [-0.05, 0) is 32.6 Å². The minimum Gasteiger partial charge on any atom is -0.370 e. The molecule has 5 N–H and O–H groups in total. The molecule has 1 amide bonds. The van der Waals surface area contributed by atoms with Crippen molar-refractivity contribution in [2.75, 3.05) is 6.54 Å². The van der Waals surface area contributed by atoms with E-state index in [-0.39, 0.29) is 6.04 Å². The molecule has 0 saturated carbocycles. The summed E-state index contributed by atoms with van der Waals surface area (Å²) < 4.78 is 1.86. The summed E-state index contributed by atoms with van der Waals surface area (Å²) in [6.45, 7) is 5.47. The number of amides is 1. The van der Waals surface area contributed by atoms with Gasteiger partial charge in [-0.15, -0.1) is 0 Å². The topological polar surface area (TPSA) is 111 Å². The van der Waals surface area contributed by atoms with Gasteiger partial charge in [0.25, 0.3) is 5.91 Å². The fraction of sp³-hybridized carbons (Fsp3) is 0.615. The molecular formula is C13H22N6O. The van der Waals surface area contributed by atoms with Crippen molar-refractivity contribution in [2.24, 2.45) is 22.4 Å². The number of rotatable bonds is 4. The third-order valence-corrected chi connectivity index (χ3v) is 3.40. The van der Waals surface area contributed by atoms with Crippen LogP contribution >= 0.6 is 0 Å². The van der Waals surface area contributed by atoms with E-state index in [1.165, 1.54) is 0 Å². The maximum Gasteiger partial charge on any atom is 0.252 e. The van der Waals surface area contributed by atoms with Gasteiger partial charge in [-0.2, -0.15) is 5.10 Å². The molecule has 0 aromatic carbocycles. The molecule has 1 aliphatic heterocycles. The van der Waals surface area contributed by atoms with Gasteiger partial charge in [-0.25, -0.2) is 0 Å². The Kier molecular flexibility index (Phi) is 4.26. The van der Waals surface area contributed by atoms with Crippen molar-refractivity contribution < 1.29 is 4.79 Å². The highest BCUT2D eigenvalue weighted by molar-refractivity contribution is 5.93. The summed E-state index contributed by atoms with van der Waals surface area (Å²) in [5.74, 6) is 0.412. The van der Waals surface area contributed by atoms with Crippen molar-refractivity contribution in [1.29, 1.82) is 0 Å². The summed E-state index contributed by atoms with van der Waals surface area (Å²) in [6, 6.07) is 0.271. The first kappa shape index (κ1) is 14.4. The minimum atomic E-state index is -0.420. The van der Waals surface area contributed by atoms with E-state index >= 15 is 0 Å². The predicted molar refractivity (Wildman–Crippen MR) is 77.3 cm³/mol. The van der Waals surface area contributed by atoms with Crippen LogP contribution in [0.5, 0.6) is 0 Å². The Labute approximate surface area is 118 Å². The summed E-state index contributed by atoms with van der Waals surface area (Å²) in [4.78, 5) is 15.7. The first-order valence-corrected chi connectivity index (χ1v) is 6.88. The highest BCUT2D eigenvalue weighted by Gasteiger charge is 2.24. The second-order valence-electron chi connectivity index (χ2n) is 5.48. The second kappa shape index (κ2) is 5.94. The molecule has 0 fully saturated rings. The lowest BCUT2D eigenvalue weighted by molar-refractivity contribution is 0.0998. The highest BCUT2D eigenvalue weighted by atomic mass is 16.1. The molecule has 0 spiro atoms. The number of carbonyl (C=O) groups is 1. The van der Waals surface area contributed by atoms with E-state index in [2.05, 4.69) is 15.4 Å². The standard InChI is InChI=1S/C13H22N6O/c1-8(2)18-13(15)16-6-9-3-4-19-11(5-9)10(7-17-19)12(14)20/h7-9H,3-6H2,1-2H3,(H2,14,20)(H3,15,16,18). The Morgan fingerprint density at radius 3 is 3.00 bits per heavy atom. The average Bonchev–Trinajstić information content (AvgIpc) is 2.78. The summed E-state index contributed by atoms with van der Waals surface area (Å²) in [5.41, 5.74) is 12.6. The van der Waals surface area contributed by atoms with Gasteiger partial charge in [0.2, 0.25) is 0 Å². The van der Waals surface area contributed by atoms with E-state index in [1.807, 2.05) is 18.5 Å². The van der Waals surface area contributed by atoms with Gasteiger partial charge in [0.15, 0.2) is 5.96 Å². The van der Waals surface area contributed by atoms with Crippen molar-refractivity contribution in [3.05, 3.63) is 17.5 Å². The van der Waals surface area contributed by atoms with Gasteiger partial charge in [0.05, 0.1) is 17.5 Å². The minimum absolute atomic E-state index is 0.271. The number of hydrogen-bond donors (Lipinski definition) is 3. The first-order valence-electron chi connectivity index (χ1n) is 6.88. The monoisotopic (exact) mass is 278 g/mol. The molecule has 7 heteroatoms. The quantitative estimate of drug-likeness (QED) is 0.525. The summed E-state index contributed by atoms with van der Waals surface area (Å²) in [7, 11) is 0. The molecule has 2 heterocycles. The lowest BCUT2D eigenvalue weighted by atomic mass is 9.94. The van der Waals surface area contributed by atoms with Gasteiger partial charge in [0.1, 0.15) is 0 Å². The zero-order valence-corrected chi connectivity index (χ0v) is 12.0. The summed E-state index contributed by atoms with van der Waals surface area (Å²) in [6.07, 6.45) is 3.29. The number of primary amides is 1. The molecule has 0 saturated heterocycles. The number of nitrogens with one attached hydrogen (secondary N) is 1. The number of guanidine groups is 1. The molecule has 2 rings (SSSR count). The molecule has 1 aromatic rings. The lowest BCUT2D eigenvalue weighted by Gasteiger charge is -2.22. The van der Waals surface area contributed by atoms with Crippen LogP contribution in [-0.2, 0) is 13.0 Å². The third kappa shape index (κ3) is 3.28. The largest absolute Gasteiger partial charge is 0.370 e. The van der Waals surface area contributed by atoms with E-state index in [0.717, 1.165) is 25.1 Å². The van der Waals surface area contributed by atoms with Crippen LogP contribution in [-0.4, -0.2) is 34.2 Å². The SMILES string of the molecule is CC(C)NC(N)=NCC1CCn2ncc(C(N)=O)c2C1. The van der Waals surface area contributed by atoms with Crippen LogP contribution in [0.1, 0.15) is 36.3 Å². The number of nitrogens with two attached hydrogens (primary N) is 2. The van der Waals surface area contributed by atoms with Crippen molar-refractivity contribution >= 4 is 11.9 Å². The van der Waals surface area contributed by atoms with E-state index in [9.17, 15) is 4.79 Å². The molecule has 0 aliphatic carbocycles. The van der Waals surface area contributed by atoms with E-state index in [4.69, 9.17) is 11.5 Å². The number of carbonyl (C=O) groups excluding carboxylic acids is 1. The van der Waals surface area contributed by atoms with Crippen LogP contribution in [0.4, 0.5) is 0 Å². The van der Waals surface area contributed by atoms with Crippen LogP contribution in [0.25, 0.3) is 0 Å². The van der Waals surface area contributed by atoms with Crippen molar-refractivity contribution in [3.8, 4) is 0 Å². The molecule has 1 aliphatic rings. The normalized spacial score (nSPS) is 18.9. The number of fused-ring (bicyclic) bond motifs is 1. The van der Waals surface area contributed by atoms with Crippen LogP contribution in [0.3, 0.4) is 0 Å². The third-order valence-electron chi connectivity index (χ3n) is 3.40. The Morgan fingerprint density at radius 2 is 2.35 bits per heavy atom. The number of aliphatic imine (C=N–C) groups is 1. The zero-order valence-electron chi connectivity index (χ0n) is 12.0. The fourth-order valence-electron chi connectivity index (χ4n) is 2.43. The first-order chi connectivity index (χ1) is 9.47. The molecular weight excluding hydrogens is 256 g/mol. The molecule has 1 aromatic heterocycles. The number of nitrogens with zero attached hydrogens (tertiary/aromatic N) is 3. The van der Waals surface area contributed by atoms with Crippen molar-refractivity contribution in [3.63, 3.8) is 0 Å². The van der Waals surface area contributed by atoms with E-state index in [0.29, 0.717) is 24.0 Å². The van der Waals surface area contributed by atoms with Crippen LogP contribution < -0.4 is 16.8 Å². The molecule has 0 radical (unpaired) electrons. The summed E-state index contributed by atoms with van der Waals surface area (Å²) >= 11 is 0. The molecule has 0 bridgehead atoms. The molecule has 1 unspecified atom stereocenters. The van der Waals surface area contributed by atoms with Crippen LogP contribution in [0.2, 0.25) is 0 Å².